The van der Waals surface area contributed by atoms with Gasteiger partial charge in [-0.1, -0.05) is 0 Å². The van der Waals surface area contributed by atoms with E-state index in [1.54, 1.807) is 9.80 Å². The summed E-state index contributed by atoms with van der Waals surface area (Å²) in [4.78, 5) is 24.4. The molecule has 0 aromatic rings. The second-order valence-corrected chi connectivity index (χ2v) is 3.91. The van der Waals surface area contributed by atoms with Gasteiger partial charge in [-0.3, -0.25) is 9.59 Å². The summed E-state index contributed by atoms with van der Waals surface area (Å²) in [5.41, 5.74) is 0. The van der Waals surface area contributed by atoms with E-state index in [4.69, 9.17) is 22.4 Å². The summed E-state index contributed by atoms with van der Waals surface area (Å²) in [7, 11) is 0. The standard InChI is InChI=1S/C9H14N2O4S/c12-7(13)1-3-10-5-6-11(9(10)16)4-2-8(14)15/h1-6H2,(H,12,13)(H,14,15). The quantitative estimate of drug-likeness (QED) is 0.630. The summed E-state index contributed by atoms with van der Waals surface area (Å²) in [5, 5.41) is 17.6. The average Bonchev–Trinajstić information content (AvgIpc) is 2.53. The molecule has 0 radical (unpaired) electrons. The fourth-order valence-corrected chi connectivity index (χ4v) is 1.87. The van der Waals surface area contributed by atoms with Gasteiger partial charge in [-0.15, -0.1) is 0 Å². The summed E-state index contributed by atoms with van der Waals surface area (Å²) in [6, 6.07) is 0. The summed E-state index contributed by atoms with van der Waals surface area (Å²) in [6.45, 7) is 2.12. The Morgan fingerprint density at radius 1 is 1.06 bits per heavy atom. The second kappa shape index (κ2) is 5.64. The van der Waals surface area contributed by atoms with Gasteiger partial charge in [0.05, 0.1) is 12.8 Å². The van der Waals surface area contributed by atoms with Crippen LogP contribution in [0.2, 0.25) is 0 Å². The molecule has 1 aliphatic rings. The molecule has 0 aromatic carbocycles. The largest absolute Gasteiger partial charge is 0.481 e. The molecule has 0 saturated carbocycles. The van der Waals surface area contributed by atoms with Crippen LogP contribution < -0.4 is 0 Å². The van der Waals surface area contributed by atoms with Gasteiger partial charge in [0.15, 0.2) is 5.11 Å². The molecule has 0 atom stereocenters. The molecule has 7 heteroatoms. The Kier molecular flexibility index (Phi) is 4.48. The van der Waals surface area contributed by atoms with E-state index in [-0.39, 0.29) is 12.8 Å². The first-order valence-electron chi connectivity index (χ1n) is 4.98. The van der Waals surface area contributed by atoms with Crippen LogP contribution in [0.3, 0.4) is 0 Å². The first-order valence-corrected chi connectivity index (χ1v) is 5.39. The van der Waals surface area contributed by atoms with Gasteiger partial charge < -0.3 is 20.0 Å². The van der Waals surface area contributed by atoms with Crippen LogP contribution in [-0.4, -0.2) is 63.2 Å². The Labute approximate surface area is 98.4 Å². The van der Waals surface area contributed by atoms with Crippen molar-refractivity contribution in [1.29, 1.82) is 0 Å². The third kappa shape index (κ3) is 3.65. The third-order valence-corrected chi connectivity index (χ3v) is 2.89. The van der Waals surface area contributed by atoms with Crippen molar-refractivity contribution in [2.24, 2.45) is 0 Å². The highest BCUT2D eigenvalue weighted by Gasteiger charge is 2.24. The van der Waals surface area contributed by atoms with Crippen LogP contribution in [0.15, 0.2) is 0 Å². The molecule has 0 aliphatic carbocycles. The highest BCUT2D eigenvalue weighted by molar-refractivity contribution is 7.80. The topological polar surface area (TPSA) is 81.1 Å². The first-order chi connectivity index (χ1) is 7.50. The number of hydrogen-bond donors (Lipinski definition) is 2. The van der Waals surface area contributed by atoms with Crippen molar-refractivity contribution in [3.8, 4) is 0 Å². The summed E-state index contributed by atoms with van der Waals surface area (Å²) < 4.78 is 0. The van der Waals surface area contributed by atoms with Crippen molar-refractivity contribution in [2.75, 3.05) is 26.2 Å². The number of thiocarbonyl (C=S) groups is 1. The molecule has 0 amide bonds. The lowest BCUT2D eigenvalue weighted by atomic mass is 10.4. The van der Waals surface area contributed by atoms with Crippen molar-refractivity contribution in [2.45, 2.75) is 12.8 Å². The summed E-state index contributed by atoms with van der Waals surface area (Å²) >= 11 is 5.13. The minimum Gasteiger partial charge on any atom is -0.481 e. The van der Waals surface area contributed by atoms with Crippen molar-refractivity contribution in [1.82, 2.24) is 9.80 Å². The minimum absolute atomic E-state index is 0.0485. The van der Waals surface area contributed by atoms with Crippen LogP contribution in [0.1, 0.15) is 12.8 Å². The normalized spacial score (nSPS) is 15.6. The molecule has 0 aromatic heterocycles. The van der Waals surface area contributed by atoms with E-state index in [1.807, 2.05) is 0 Å². The Morgan fingerprint density at radius 3 is 1.75 bits per heavy atom. The van der Waals surface area contributed by atoms with Crippen LogP contribution in [-0.2, 0) is 9.59 Å². The number of carbonyl (C=O) groups is 2. The zero-order valence-electron chi connectivity index (χ0n) is 8.76. The molecule has 16 heavy (non-hydrogen) atoms. The van der Waals surface area contributed by atoms with Crippen LogP contribution >= 0.6 is 12.2 Å². The van der Waals surface area contributed by atoms with Gasteiger partial charge >= 0.3 is 11.9 Å². The molecule has 1 saturated heterocycles. The summed E-state index contributed by atoms with van der Waals surface area (Å²) in [5.74, 6) is -1.71. The average molecular weight is 246 g/mol. The van der Waals surface area contributed by atoms with Gasteiger partial charge in [0.25, 0.3) is 0 Å². The van der Waals surface area contributed by atoms with Gasteiger partial charge in [-0.2, -0.15) is 0 Å². The Morgan fingerprint density at radius 2 is 1.44 bits per heavy atom. The monoisotopic (exact) mass is 246 g/mol. The predicted molar refractivity (Wildman–Crippen MR) is 60.2 cm³/mol. The van der Waals surface area contributed by atoms with Crippen LogP contribution in [0.5, 0.6) is 0 Å². The van der Waals surface area contributed by atoms with E-state index in [0.717, 1.165) is 0 Å². The van der Waals surface area contributed by atoms with Crippen LogP contribution in [0.4, 0.5) is 0 Å². The maximum Gasteiger partial charge on any atom is 0.305 e. The Balaban J connectivity index is 2.35. The molecule has 2 N–H and O–H groups in total. The van der Waals surface area contributed by atoms with Gasteiger partial charge in [-0.25, -0.2) is 0 Å². The molecule has 1 fully saturated rings. The van der Waals surface area contributed by atoms with E-state index in [2.05, 4.69) is 0 Å². The number of nitrogens with zero attached hydrogens (tertiary/aromatic N) is 2. The molecular weight excluding hydrogens is 232 g/mol. The number of hydrogen-bond acceptors (Lipinski definition) is 3. The maximum absolute atomic E-state index is 10.4. The van der Waals surface area contributed by atoms with E-state index in [1.165, 1.54) is 0 Å². The highest BCUT2D eigenvalue weighted by atomic mass is 32.1. The number of carboxylic acids is 2. The Hall–Kier alpha value is -1.37. The van der Waals surface area contributed by atoms with Crippen molar-refractivity contribution in [3.63, 3.8) is 0 Å². The molecule has 1 heterocycles. The predicted octanol–water partition coefficient (Wildman–Crippen LogP) is -0.162. The fraction of sp³-hybridized carbons (Fsp3) is 0.667. The number of aliphatic carboxylic acids is 2. The van der Waals surface area contributed by atoms with Crippen molar-refractivity contribution < 1.29 is 19.8 Å². The SMILES string of the molecule is O=C(O)CCN1CCN(CCC(=O)O)C1=S. The third-order valence-electron chi connectivity index (χ3n) is 2.37. The maximum atomic E-state index is 10.4. The minimum atomic E-state index is -0.855. The lowest BCUT2D eigenvalue weighted by Crippen LogP contribution is -2.34. The van der Waals surface area contributed by atoms with E-state index < -0.39 is 11.9 Å². The first kappa shape index (κ1) is 12.7. The lowest BCUT2D eigenvalue weighted by molar-refractivity contribution is -0.138. The second-order valence-electron chi connectivity index (χ2n) is 3.54. The van der Waals surface area contributed by atoms with Gasteiger partial charge in [0.1, 0.15) is 0 Å². The molecule has 0 spiro atoms. The zero-order valence-corrected chi connectivity index (χ0v) is 9.57. The van der Waals surface area contributed by atoms with Gasteiger partial charge in [-0.05, 0) is 12.2 Å². The highest BCUT2D eigenvalue weighted by Crippen LogP contribution is 2.10. The molecule has 6 nitrogen and oxygen atoms in total. The molecular formula is C9H14N2O4S. The van der Waals surface area contributed by atoms with Gasteiger partial charge in [0.2, 0.25) is 0 Å². The van der Waals surface area contributed by atoms with Gasteiger partial charge in [0, 0.05) is 26.2 Å². The molecule has 0 bridgehead atoms. The number of carboxylic acid groups (broad SMARTS) is 2. The lowest BCUT2D eigenvalue weighted by Gasteiger charge is -2.20. The molecule has 0 unspecified atom stereocenters. The van der Waals surface area contributed by atoms with Crippen LogP contribution in [0.25, 0.3) is 0 Å². The number of rotatable bonds is 6. The molecule has 1 rings (SSSR count). The van der Waals surface area contributed by atoms with E-state index in [9.17, 15) is 9.59 Å². The van der Waals surface area contributed by atoms with E-state index in [0.29, 0.717) is 31.3 Å². The molecule has 1 aliphatic heterocycles. The van der Waals surface area contributed by atoms with E-state index >= 15 is 0 Å². The fourth-order valence-electron chi connectivity index (χ4n) is 1.51. The van der Waals surface area contributed by atoms with Crippen molar-refractivity contribution in [3.05, 3.63) is 0 Å². The smallest absolute Gasteiger partial charge is 0.305 e. The zero-order chi connectivity index (χ0) is 12.1. The summed E-state index contributed by atoms with van der Waals surface area (Å²) in [6.07, 6.45) is 0.0970. The molecule has 90 valence electrons. The van der Waals surface area contributed by atoms with Crippen LogP contribution in [0, 0.1) is 0 Å². The van der Waals surface area contributed by atoms with Crippen molar-refractivity contribution >= 4 is 29.3 Å². The Bertz CT molecular complexity index is 280.